The number of hydrogen-bond acceptors (Lipinski definition) is 4. The number of ether oxygens (including phenoxy) is 2. The third-order valence-electron chi connectivity index (χ3n) is 3.68. The van der Waals surface area contributed by atoms with Crippen molar-refractivity contribution in [3.8, 4) is 11.5 Å². The number of hydrogen-bond donors (Lipinski definition) is 2. The molecule has 1 aliphatic heterocycles. The van der Waals surface area contributed by atoms with Crippen molar-refractivity contribution < 1.29 is 9.47 Å². The van der Waals surface area contributed by atoms with E-state index in [0.29, 0.717) is 22.9 Å². The van der Waals surface area contributed by atoms with Gasteiger partial charge in [-0.05, 0) is 38.8 Å². The fourth-order valence-electron chi connectivity index (χ4n) is 2.68. The van der Waals surface area contributed by atoms with Gasteiger partial charge in [0.1, 0.15) is 11.5 Å². The maximum Gasteiger partial charge on any atom is 0.145 e. The summed E-state index contributed by atoms with van der Waals surface area (Å²) in [5.41, 5.74) is 0.906. The van der Waals surface area contributed by atoms with Gasteiger partial charge in [-0.3, -0.25) is 0 Å². The van der Waals surface area contributed by atoms with Crippen LogP contribution in [0.1, 0.15) is 26.2 Å². The van der Waals surface area contributed by atoms with Gasteiger partial charge < -0.3 is 20.1 Å². The van der Waals surface area contributed by atoms with Gasteiger partial charge in [-0.2, -0.15) is 0 Å². The second-order valence-corrected chi connectivity index (χ2v) is 5.67. The molecule has 4 nitrogen and oxygen atoms in total. The lowest BCUT2D eigenvalue weighted by Gasteiger charge is -2.21. The molecule has 1 aromatic carbocycles. The lowest BCUT2D eigenvalue weighted by atomic mass is 10.1. The highest BCUT2D eigenvalue weighted by atomic mass is 35.5. The largest absolute Gasteiger partial charge is 0.495 e. The van der Waals surface area contributed by atoms with Gasteiger partial charge in [0.2, 0.25) is 0 Å². The molecule has 0 aliphatic carbocycles. The molecular formula is C15H23ClN2O2. The van der Waals surface area contributed by atoms with E-state index >= 15 is 0 Å². The molecule has 1 saturated heterocycles. The SMILES string of the molecule is COc1cc(OC)c(NC(C)CC2CCCN2)cc1Cl. The summed E-state index contributed by atoms with van der Waals surface area (Å²) in [7, 11) is 3.25. The van der Waals surface area contributed by atoms with Crippen LogP contribution >= 0.6 is 11.6 Å². The molecule has 0 radical (unpaired) electrons. The molecule has 0 amide bonds. The highest BCUT2D eigenvalue weighted by Gasteiger charge is 2.18. The first-order valence-electron chi connectivity index (χ1n) is 7.05. The lowest BCUT2D eigenvalue weighted by Crippen LogP contribution is -2.29. The molecule has 1 heterocycles. The third-order valence-corrected chi connectivity index (χ3v) is 3.97. The first kappa shape index (κ1) is 15.3. The molecule has 0 aromatic heterocycles. The van der Waals surface area contributed by atoms with Crippen molar-refractivity contribution in [2.24, 2.45) is 0 Å². The smallest absolute Gasteiger partial charge is 0.145 e. The normalized spacial score (nSPS) is 19.7. The van der Waals surface area contributed by atoms with Crippen LogP contribution in [0, 0.1) is 0 Å². The second kappa shape index (κ2) is 7.04. The van der Waals surface area contributed by atoms with Gasteiger partial charge in [0.15, 0.2) is 0 Å². The summed E-state index contributed by atoms with van der Waals surface area (Å²) in [6.45, 7) is 3.31. The standard InChI is InChI=1S/C15H23ClN2O2/c1-10(7-11-5-4-6-17-11)18-13-8-12(16)14(19-2)9-15(13)20-3/h8-11,17-18H,4-7H2,1-3H3. The molecule has 20 heavy (non-hydrogen) atoms. The van der Waals surface area contributed by atoms with Crippen LogP contribution in [0.25, 0.3) is 0 Å². The van der Waals surface area contributed by atoms with E-state index in [-0.39, 0.29) is 0 Å². The molecular weight excluding hydrogens is 276 g/mol. The fourth-order valence-corrected chi connectivity index (χ4v) is 2.92. The number of rotatable bonds is 6. The van der Waals surface area contributed by atoms with Crippen LogP contribution in [0.2, 0.25) is 5.02 Å². The molecule has 5 heteroatoms. The van der Waals surface area contributed by atoms with Gasteiger partial charge in [-0.1, -0.05) is 11.6 Å². The second-order valence-electron chi connectivity index (χ2n) is 5.26. The monoisotopic (exact) mass is 298 g/mol. The van der Waals surface area contributed by atoms with Gasteiger partial charge in [-0.25, -0.2) is 0 Å². The van der Waals surface area contributed by atoms with Gasteiger partial charge in [0, 0.05) is 18.2 Å². The maximum absolute atomic E-state index is 6.18. The van der Waals surface area contributed by atoms with Crippen LogP contribution in [0.5, 0.6) is 11.5 Å². The highest BCUT2D eigenvalue weighted by Crippen LogP contribution is 2.36. The Morgan fingerprint density at radius 3 is 2.70 bits per heavy atom. The summed E-state index contributed by atoms with van der Waals surface area (Å²) in [5, 5.41) is 7.57. The Morgan fingerprint density at radius 2 is 2.10 bits per heavy atom. The Kier molecular flexibility index (Phi) is 5.38. The van der Waals surface area contributed by atoms with E-state index in [2.05, 4.69) is 17.6 Å². The van der Waals surface area contributed by atoms with Crippen molar-refractivity contribution in [1.82, 2.24) is 5.32 Å². The van der Waals surface area contributed by atoms with Gasteiger partial charge in [-0.15, -0.1) is 0 Å². The quantitative estimate of drug-likeness (QED) is 0.845. The number of benzene rings is 1. The average molecular weight is 299 g/mol. The molecule has 1 aromatic rings. The van der Waals surface area contributed by atoms with Crippen molar-refractivity contribution in [3.63, 3.8) is 0 Å². The summed E-state index contributed by atoms with van der Waals surface area (Å²) in [6.07, 6.45) is 3.62. The Morgan fingerprint density at radius 1 is 1.35 bits per heavy atom. The minimum atomic E-state index is 0.351. The maximum atomic E-state index is 6.18. The zero-order valence-corrected chi connectivity index (χ0v) is 13.1. The molecule has 0 bridgehead atoms. The van der Waals surface area contributed by atoms with Crippen LogP contribution in [-0.2, 0) is 0 Å². The summed E-state index contributed by atoms with van der Waals surface area (Å²) >= 11 is 6.18. The number of halogens is 1. The van der Waals surface area contributed by atoms with Crippen molar-refractivity contribution in [2.45, 2.75) is 38.3 Å². The fraction of sp³-hybridized carbons (Fsp3) is 0.600. The molecule has 1 aliphatic rings. The molecule has 2 atom stereocenters. The van der Waals surface area contributed by atoms with E-state index in [9.17, 15) is 0 Å². The van der Waals surface area contributed by atoms with E-state index in [0.717, 1.165) is 24.4 Å². The first-order chi connectivity index (χ1) is 9.63. The Balaban J connectivity index is 2.05. The van der Waals surface area contributed by atoms with E-state index in [1.54, 1.807) is 14.2 Å². The summed E-state index contributed by atoms with van der Waals surface area (Å²) in [4.78, 5) is 0. The van der Waals surface area contributed by atoms with E-state index < -0.39 is 0 Å². The Bertz CT molecular complexity index is 448. The predicted octanol–water partition coefficient (Wildman–Crippen LogP) is 3.30. The first-order valence-corrected chi connectivity index (χ1v) is 7.43. The van der Waals surface area contributed by atoms with E-state index in [1.165, 1.54) is 12.8 Å². The minimum absolute atomic E-state index is 0.351. The minimum Gasteiger partial charge on any atom is -0.495 e. The number of methoxy groups -OCH3 is 2. The highest BCUT2D eigenvalue weighted by molar-refractivity contribution is 6.32. The van der Waals surface area contributed by atoms with Crippen molar-refractivity contribution in [3.05, 3.63) is 17.2 Å². The molecule has 0 spiro atoms. The van der Waals surface area contributed by atoms with E-state index in [1.807, 2.05) is 12.1 Å². The van der Waals surface area contributed by atoms with Gasteiger partial charge in [0.05, 0.1) is 24.9 Å². The van der Waals surface area contributed by atoms with Gasteiger partial charge >= 0.3 is 0 Å². The molecule has 112 valence electrons. The van der Waals surface area contributed by atoms with Crippen molar-refractivity contribution in [1.29, 1.82) is 0 Å². The molecule has 2 rings (SSSR count). The Labute approximate surface area is 125 Å². The van der Waals surface area contributed by atoms with Crippen LogP contribution in [0.3, 0.4) is 0 Å². The zero-order chi connectivity index (χ0) is 14.5. The summed E-state index contributed by atoms with van der Waals surface area (Å²) in [5.74, 6) is 1.37. The molecule has 2 N–H and O–H groups in total. The number of anilines is 1. The molecule has 0 saturated carbocycles. The van der Waals surface area contributed by atoms with Crippen LogP contribution in [0.15, 0.2) is 12.1 Å². The van der Waals surface area contributed by atoms with Gasteiger partial charge in [0.25, 0.3) is 0 Å². The Hall–Kier alpha value is -1.13. The van der Waals surface area contributed by atoms with Crippen molar-refractivity contribution >= 4 is 17.3 Å². The average Bonchev–Trinajstić information content (AvgIpc) is 2.91. The summed E-state index contributed by atoms with van der Waals surface area (Å²) < 4.78 is 10.6. The molecule has 2 unspecified atom stereocenters. The van der Waals surface area contributed by atoms with E-state index in [4.69, 9.17) is 21.1 Å². The topological polar surface area (TPSA) is 42.5 Å². The van der Waals surface area contributed by atoms with Crippen LogP contribution in [-0.4, -0.2) is 32.8 Å². The van der Waals surface area contributed by atoms with Crippen LogP contribution in [0.4, 0.5) is 5.69 Å². The number of nitrogens with one attached hydrogen (secondary N) is 2. The zero-order valence-electron chi connectivity index (χ0n) is 12.3. The third kappa shape index (κ3) is 3.70. The van der Waals surface area contributed by atoms with Crippen LogP contribution < -0.4 is 20.1 Å². The predicted molar refractivity (Wildman–Crippen MR) is 83.3 cm³/mol. The molecule has 1 fully saturated rings. The summed E-state index contributed by atoms with van der Waals surface area (Å²) in [6, 6.07) is 4.63. The lowest BCUT2D eigenvalue weighted by molar-refractivity contribution is 0.395. The van der Waals surface area contributed by atoms with Crippen molar-refractivity contribution in [2.75, 3.05) is 26.1 Å².